The number of rotatable bonds is 14. The van der Waals surface area contributed by atoms with E-state index in [2.05, 4.69) is 5.32 Å². The molecule has 0 fully saturated rings. The second-order valence-electron chi connectivity index (χ2n) is 8.65. The SMILES string of the molecule is CCNC(=O)[C@H](CC)N(Cc1ccc(OC)cc1)C(=O)CCCN(c1ccc(CC)cc1)S(C)(=O)=O. The first-order valence-corrected chi connectivity index (χ1v) is 14.3. The zero-order valence-electron chi connectivity index (χ0n) is 22.0. The second-order valence-corrected chi connectivity index (χ2v) is 10.6. The zero-order chi connectivity index (χ0) is 26.7. The van der Waals surface area contributed by atoms with E-state index in [9.17, 15) is 18.0 Å². The van der Waals surface area contributed by atoms with Crippen LogP contribution in [-0.4, -0.2) is 57.6 Å². The number of aryl methyl sites for hydroxylation is 1. The van der Waals surface area contributed by atoms with Crippen LogP contribution in [-0.2, 0) is 32.6 Å². The monoisotopic (exact) mass is 517 g/mol. The lowest BCUT2D eigenvalue weighted by molar-refractivity contribution is -0.141. The molecule has 0 spiro atoms. The highest BCUT2D eigenvalue weighted by Crippen LogP contribution is 2.21. The van der Waals surface area contributed by atoms with Gasteiger partial charge in [-0.15, -0.1) is 0 Å². The Hall–Kier alpha value is -3.07. The second kappa shape index (κ2) is 13.9. The van der Waals surface area contributed by atoms with E-state index in [1.807, 2.05) is 57.2 Å². The summed E-state index contributed by atoms with van der Waals surface area (Å²) in [4.78, 5) is 27.7. The standard InChI is InChI=1S/C27H39N3O5S/c1-6-21-11-15-23(16-12-21)30(36(5,33)34)19-9-10-26(31)29(25(7-2)27(32)28-8-3)20-22-13-17-24(35-4)18-14-22/h11-18,25H,6-10,19-20H2,1-5H3,(H,28,32)/t25-/m0/s1. The molecule has 0 saturated heterocycles. The first-order chi connectivity index (χ1) is 17.1. The molecule has 8 nitrogen and oxygen atoms in total. The molecule has 0 aromatic heterocycles. The lowest BCUT2D eigenvalue weighted by Gasteiger charge is -2.31. The predicted molar refractivity (Wildman–Crippen MR) is 144 cm³/mol. The van der Waals surface area contributed by atoms with E-state index in [4.69, 9.17) is 4.74 Å². The van der Waals surface area contributed by atoms with Crippen molar-refractivity contribution in [2.45, 2.75) is 59.0 Å². The maximum Gasteiger partial charge on any atom is 0.242 e. The fraction of sp³-hybridized carbons (Fsp3) is 0.481. The molecule has 2 amide bonds. The number of methoxy groups -OCH3 is 1. The van der Waals surface area contributed by atoms with Gasteiger partial charge in [-0.25, -0.2) is 8.42 Å². The summed E-state index contributed by atoms with van der Waals surface area (Å²) in [5.74, 6) is 0.314. The number of benzene rings is 2. The van der Waals surface area contributed by atoms with E-state index in [1.54, 1.807) is 24.1 Å². The number of ether oxygens (including phenoxy) is 1. The summed E-state index contributed by atoms with van der Waals surface area (Å²) in [6.45, 7) is 6.67. The van der Waals surface area contributed by atoms with E-state index in [0.29, 0.717) is 30.8 Å². The Morgan fingerprint density at radius 3 is 2.08 bits per heavy atom. The molecule has 198 valence electrons. The van der Waals surface area contributed by atoms with Crippen LogP contribution >= 0.6 is 0 Å². The van der Waals surface area contributed by atoms with Gasteiger partial charge in [-0.05, 0) is 61.6 Å². The largest absolute Gasteiger partial charge is 0.497 e. The van der Waals surface area contributed by atoms with Crippen LogP contribution in [0.4, 0.5) is 5.69 Å². The van der Waals surface area contributed by atoms with Gasteiger partial charge in [-0.2, -0.15) is 0 Å². The van der Waals surface area contributed by atoms with Gasteiger partial charge in [0.2, 0.25) is 21.8 Å². The third-order valence-electron chi connectivity index (χ3n) is 6.03. The van der Waals surface area contributed by atoms with Crippen LogP contribution in [0.3, 0.4) is 0 Å². The Bertz CT molecular complexity index is 1090. The number of hydrogen-bond acceptors (Lipinski definition) is 5. The van der Waals surface area contributed by atoms with E-state index in [0.717, 1.165) is 17.5 Å². The molecule has 0 aliphatic carbocycles. The normalized spacial score (nSPS) is 12.0. The van der Waals surface area contributed by atoms with Crippen molar-refractivity contribution >= 4 is 27.5 Å². The summed E-state index contributed by atoms with van der Waals surface area (Å²) < 4.78 is 31.5. The molecular weight excluding hydrogens is 478 g/mol. The molecule has 0 saturated carbocycles. The first kappa shape index (κ1) is 29.2. The molecule has 2 aromatic rings. The fourth-order valence-corrected chi connectivity index (χ4v) is 5.01. The summed E-state index contributed by atoms with van der Waals surface area (Å²) in [7, 11) is -1.93. The Labute approximate surface area is 215 Å². The van der Waals surface area contributed by atoms with E-state index in [1.165, 1.54) is 10.6 Å². The average Bonchev–Trinajstić information content (AvgIpc) is 2.86. The molecule has 36 heavy (non-hydrogen) atoms. The summed E-state index contributed by atoms with van der Waals surface area (Å²) in [5, 5.41) is 2.82. The van der Waals surface area contributed by atoms with Gasteiger partial charge in [0, 0.05) is 26.1 Å². The van der Waals surface area contributed by atoms with Crippen LogP contribution in [0.1, 0.15) is 51.2 Å². The van der Waals surface area contributed by atoms with Crippen LogP contribution in [0.15, 0.2) is 48.5 Å². The van der Waals surface area contributed by atoms with Crippen LogP contribution in [0.5, 0.6) is 5.75 Å². The van der Waals surface area contributed by atoms with Crippen molar-refractivity contribution in [2.24, 2.45) is 0 Å². The summed E-state index contributed by atoms with van der Waals surface area (Å²) in [6, 6.07) is 14.2. The minimum atomic E-state index is -3.52. The predicted octanol–water partition coefficient (Wildman–Crippen LogP) is 3.75. The maximum absolute atomic E-state index is 13.4. The third-order valence-corrected chi connectivity index (χ3v) is 7.23. The minimum absolute atomic E-state index is 0.116. The van der Waals surface area contributed by atoms with Crippen LogP contribution < -0.4 is 14.4 Å². The molecule has 2 rings (SSSR count). The quantitative estimate of drug-likeness (QED) is 0.412. The van der Waals surface area contributed by atoms with Gasteiger partial charge in [-0.3, -0.25) is 13.9 Å². The molecule has 0 unspecified atom stereocenters. The highest BCUT2D eigenvalue weighted by molar-refractivity contribution is 7.92. The number of nitrogens with one attached hydrogen (secondary N) is 1. The molecule has 0 bridgehead atoms. The highest BCUT2D eigenvalue weighted by Gasteiger charge is 2.28. The smallest absolute Gasteiger partial charge is 0.242 e. The molecule has 1 N–H and O–H groups in total. The summed E-state index contributed by atoms with van der Waals surface area (Å²) >= 11 is 0. The Morgan fingerprint density at radius 2 is 1.58 bits per heavy atom. The zero-order valence-corrected chi connectivity index (χ0v) is 22.8. The number of anilines is 1. The van der Waals surface area contributed by atoms with Gasteiger partial charge < -0.3 is 15.0 Å². The van der Waals surface area contributed by atoms with Gasteiger partial charge in [0.25, 0.3) is 0 Å². The third kappa shape index (κ3) is 8.26. The Kier molecular flexibility index (Phi) is 11.2. The van der Waals surface area contributed by atoms with Crippen LogP contribution in [0.25, 0.3) is 0 Å². The lowest BCUT2D eigenvalue weighted by Crippen LogP contribution is -2.49. The van der Waals surface area contributed by atoms with Crippen LogP contribution in [0, 0.1) is 0 Å². The van der Waals surface area contributed by atoms with Crippen molar-refractivity contribution in [1.29, 1.82) is 0 Å². The fourth-order valence-electron chi connectivity index (χ4n) is 4.04. The molecule has 1 atom stereocenters. The van der Waals surface area contributed by atoms with Gasteiger partial charge in [0.15, 0.2) is 0 Å². The van der Waals surface area contributed by atoms with Crippen molar-refractivity contribution in [3.05, 3.63) is 59.7 Å². The molecule has 0 aliphatic rings. The van der Waals surface area contributed by atoms with Gasteiger partial charge in [-0.1, -0.05) is 38.1 Å². The average molecular weight is 518 g/mol. The number of sulfonamides is 1. The van der Waals surface area contributed by atoms with Crippen molar-refractivity contribution in [1.82, 2.24) is 10.2 Å². The summed E-state index contributed by atoms with van der Waals surface area (Å²) in [5.41, 5.74) is 2.57. The van der Waals surface area contributed by atoms with E-state index < -0.39 is 16.1 Å². The van der Waals surface area contributed by atoms with E-state index >= 15 is 0 Å². The number of likely N-dealkylation sites (N-methyl/N-ethyl adjacent to an activating group) is 1. The van der Waals surface area contributed by atoms with Crippen molar-refractivity contribution in [3.63, 3.8) is 0 Å². The Balaban J connectivity index is 2.19. The first-order valence-electron chi connectivity index (χ1n) is 12.4. The van der Waals surface area contributed by atoms with Gasteiger partial charge >= 0.3 is 0 Å². The maximum atomic E-state index is 13.4. The van der Waals surface area contributed by atoms with Crippen molar-refractivity contribution in [3.8, 4) is 5.75 Å². The minimum Gasteiger partial charge on any atom is -0.497 e. The number of amides is 2. The lowest BCUT2D eigenvalue weighted by atomic mass is 10.1. The molecule has 0 radical (unpaired) electrons. The van der Waals surface area contributed by atoms with Gasteiger partial charge in [0.1, 0.15) is 11.8 Å². The summed E-state index contributed by atoms with van der Waals surface area (Å²) in [6.07, 6.45) is 2.94. The number of hydrogen-bond donors (Lipinski definition) is 1. The number of nitrogens with zero attached hydrogens (tertiary/aromatic N) is 2. The molecule has 9 heteroatoms. The Morgan fingerprint density at radius 1 is 0.972 bits per heavy atom. The van der Waals surface area contributed by atoms with Gasteiger partial charge in [0.05, 0.1) is 19.1 Å². The van der Waals surface area contributed by atoms with Crippen molar-refractivity contribution in [2.75, 3.05) is 30.8 Å². The van der Waals surface area contributed by atoms with E-state index in [-0.39, 0.29) is 31.3 Å². The topological polar surface area (TPSA) is 96.0 Å². The number of carbonyl (C=O) groups is 2. The molecule has 0 heterocycles. The number of carbonyl (C=O) groups excluding carboxylic acids is 2. The highest BCUT2D eigenvalue weighted by atomic mass is 32.2. The molecule has 0 aliphatic heterocycles. The van der Waals surface area contributed by atoms with Crippen molar-refractivity contribution < 1.29 is 22.7 Å². The van der Waals surface area contributed by atoms with Crippen LogP contribution in [0.2, 0.25) is 0 Å². The molecule has 2 aromatic carbocycles. The molecular formula is C27H39N3O5S.